The first-order chi connectivity index (χ1) is 1.73. The van der Waals surface area contributed by atoms with Gasteiger partial charge in [-0.2, -0.15) is 0 Å². The third-order valence-electron chi connectivity index (χ3n) is 0. The molecule has 0 aliphatic rings. The van der Waals surface area contributed by atoms with Crippen molar-refractivity contribution in [2.75, 3.05) is 0 Å². The van der Waals surface area contributed by atoms with Gasteiger partial charge in [-0.05, 0) is 0 Å². The fourth-order valence-corrected chi connectivity index (χ4v) is 0. The van der Waals surface area contributed by atoms with Crippen LogP contribution >= 0.6 is 55.9 Å². The van der Waals surface area contributed by atoms with Crippen molar-refractivity contribution in [1.82, 2.24) is 0 Å². The molecule has 0 aromatic heterocycles. The maximum atomic E-state index is 2.51. The molecule has 0 rings (SSSR count). The molecule has 0 nitrogen and oxygen atoms in total. The molecule has 0 unspecified atom stereocenters. The van der Waals surface area contributed by atoms with Gasteiger partial charge in [0.25, 0.3) is 0 Å². The van der Waals surface area contributed by atoms with Crippen molar-refractivity contribution in [2.45, 2.75) is 0 Å². The summed E-state index contributed by atoms with van der Waals surface area (Å²) in [5.74, 6) is 0. The Hall–Kier alpha value is 5.96. The fourth-order valence-electron chi connectivity index (χ4n) is 0. The summed E-state index contributed by atoms with van der Waals surface area (Å²) in [6.07, 6.45) is 0. The van der Waals surface area contributed by atoms with E-state index in [2.05, 4.69) is 55.9 Å². The van der Waals surface area contributed by atoms with E-state index in [4.69, 9.17) is 0 Å². The van der Waals surface area contributed by atoms with Gasteiger partial charge in [-0.3, -0.25) is 0 Å². The Morgan fingerprint density at radius 2 is 1.00 bits per heavy atom. The average molecular weight is 840 g/mol. The Bertz CT molecular complexity index is 15.5. The summed E-state index contributed by atoms with van der Waals surface area (Å²) in [6, 6.07) is 0. The summed E-state index contributed by atoms with van der Waals surface area (Å²) in [5, 5.41) is 0. The van der Waals surface area contributed by atoms with E-state index in [1.165, 1.54) is 0 Å². The van der Waals surface area contributed by atoms with Gasteiger partial charge >= 0.3 is 63.8 Å². The number of hydrogen-bond acceptors (Lipinski definition) is 0. The Balaban J connectivity index is -0.0000000450. The summed E-state index contributed by atoms with van der Waals surface area (Å²) in [6.45, 7) is 0. The molecule has 0 N–H and O–H groups in total. The molecule has 0 saturated heterocycles. The zero-order valence-corrected chi connectivity index (χ0v) is 22.6. The van der Waals surface area contributed by atoms with Crippen molar-refractivity contribution in [1.29, 1.82) is 0 Å². The molecule has 6 radical (unpaired) electrons. The molecule has 0 aliphatic carbocycles. The van der Waals surface area contributed by atoms with Gasteiger partial charge in [0.1, 0.15) is 0 Å². The average Bonchev–Trinajstić information content (AvgIpc) is 0.811. The molecular formula is CsI3PbSn. The van der Waals surface area contributed by atoms with E-state index < -0.39 is 7.86 Å². The normalized spacial score (nSPS) is 6.00. The van der Waals surface area contributed by atoms with Crippen LogP contribution in [0.4, 0.5) is 0 Å². The monoisotopic (exact) mass is 841 g/mol. The predicted octanol–water partition coefficient (Wildman–Crippen LogP) is 1.51. The molecule has 0 saturated carbocycles. The van der Waals surface area contributed by atoms with E-state index in [0.29, 0.717) is 0 Å². The second-order valence-electron chi connectivity index (χ2n) is 0.214. The smallest absolute Gasteiger partial charge is 0 e. The largest absolute Gasteiger partial charge is 0 e. The van der Waals surface area contributed by atoms with Gasteiger partial charge in [0.05, 0.1) is 0 Å². The van der Waals surface area contributed by atoms with Gasteiger partial charge in [0.15, 0.2) is 0 Å². The molecule has 0 fully saturated rings. The van der Waals surface area contributed by atoms with E-state index in [-0.39, 0.29) is 96.2 Å². The first-order valence-electron chi connectivity index (χ1n) is 0.567. The molecular weight excluding hydrogens is 840 g/mol. The van der Waals surface area contributed by atoms with Gasteiger partial charge in [0, 0.05) is 96.2 Å². The third kappa shape index (κ3) is 22.5. The van der Waals surface area contributed by atoms with E-state index >= 15 is 0 Å². The molecule has 6 heavy (non-hydrogen) atoms. The first kappa shape index (κ1) is 17.9. The zero-order valence-electron chi connectivity index (χ0n) is 3.13. The topological polar surface area (TPSA) is 0 Å². The molecule has 0 atom stereocenters. The van der Waals surface area contributed by atoms with Gasteiger partial charge in [-0.25, -0.2) is 0 Å². The van der Waals surface area contributed by atoms with Crippen LogP contribution in [0.5, 0.6) is 0 Å². The van der Waals surface area contributed by atoms with Crippen molar-refractivity contribution < 1.29 is 0 Å². The molecule has 0 aliphatic heterocycles. The van der Waals surface area contributed by atoms with Gasteiger partial charge in [-0.1, -0.05) is 0 Å². The first-order valence-corrected chi connectivity index (χ1v) is 25.5. The fraction of sp³-hybridized carbons (Fsp3) is 0. The van der Waals surface area contributed by atoms with Gasteiger partial charge in [0.2, 0.25) is 0 Å². The second-order valence-corrected chi connectivity index (χ2v) is 64.7. The maximum Gasteiger partial charge on any atom is 0 e. The Kier molecular flexibility index (Phi) is 40.4. The molecule has 30 valence electrons. The SMILES string of the molecule is [Cs].[I][Sn]([I])[I].[Pb]. The van der Waals surface area contributed by atoms with Crippen molar-refractivity contribution in [3.63, 3.8) is 0 Å². The van der Waals surface area contributed by atoms with E-state index in [1.807, 2.05) is 0 Å². The van der Waals surface area contributed by atoms with Crippen LogP contribution in [0.25, 0.3) is 0 Å². The summed E-state index contributed by atoms with van der Waals surface area (Å²) < 4.78 is 0. The standard InChI is InChI=1S/Cs.3HI.Pb.Sn/h;3*1H;;/q;;;;;+3/p-3. The minimum atomic E-state index is -0.633. The van der Waals surface area contributed by atoms with E-state index in [9.17, 15) is 0 Å². The van der Waals surface area contributed by atoms with Crippen LogP contribution in [0, 0.1) is 0 Å². The van der Waals surface area contributed by atoms with E-state index in [1.54, 1.807) is 0 Å². The van der Waals surface area contributed by atoms with Crippen LogP contribution < -0.4 is 0 Å². The van der Waals surface area contributed by atoms with Crippen molar-refractivity contribution in [3.05, 3.63) is 0 Å². The molecule has 0 amide bonds. The van der Waals surface area contributed by atoms with E-state index in [0.717, 1.165) is 0 Å². The Labute approximate surface area is 153 Å². The van der Waals surface area contributed by atoms with Crippen LogP contribution in [0.3, 0.4) is 0 Å². The number of hydrogen-bond donors (Lipinski definition) is 0. The predicted molar refractivity (Wildman–Crippen MR) is 59.3 cm³/mol. The molecule has 6 heteroatoms. The van der Waals surface area contributed by atoms with Crippen LogP contribution in [-0.2, 0) is 0 Å². The summed E-state index contributed by atoms with van der Waals surface area (Å²) in [7, 11) is -0.633. The van der Waals surface area contributed by atoms with Crippen molar-refractivity contribution in [3.8, 4) is 0 Å². The molecule has 0 aromatic carbocycles. The van der Waals surface area contributed by atoms with Crippen molar-refractivity contribution >= 4 is 160 Å². The van der Waals surface area contributed by atoms with Gasteiger partial charge in [-0.15, -0.1) is 0 Å². The second kappa shape index (κ2) is 13.5. The van der Waals surface area contributed by atoms with Crippen LogP contribution in [0.15, 0.2) is 0 Å². The summed E-state index contributed by atoms with van der Waals surface area (Å²) in [4.78, 5) is 0. The minimum Gasteiger partial charge on any atom is 0 e. The third-order valence-corrected chi connectivity index (χ3v) is 0. The van der Waals surface area contributed by atoms with Crippen LogP contribution in [-0.4, -0.2) is 104 Å². The number of rotatable bonds is 0. The van der Waals surface area contributed by atoms with Gasteiger partial charge < -0.3 is 0 Å². The Morgan fingerprint density at radius 1 is 1.00 bits per heavy atom. The zero-order chi connectivity index (χ0) is 3.58. The quantitative estimate of drug-likeness (QED) is 0.257. The molecule has 0 bridgehead atoms. The summed E-state index contributed by atoms with van der Waals surface area (Å²) in [5.41, 5.74) is 0. The van der Waals surface area contributed by atoms with Crippen LogP contribution in [0.2, 0.25) is 0 Å². The molecule has 0 aromatic rings. The molecule has 0 spiro atoms. The molecule has 0 heterocycles. The maximum absolute atomic E-state index is 2.51. The summed E-state index contributed by atoms with van der Waals surface area (Å²) >= 11 is 7.54. The Morgan fingerprint density at radius 3 is 1.00 bits per heavy atom. The number of halogens is 3. The van der Waals surface area contributed by atoms with Crippen LogP contribution in [0.1, 0.15) is 0 Å². The van der Waals surface area contributed by atoms with Crippen molar-refractivity contribution in [2.24, 2.45) is 0 Å². The minimum absolute atomic E-state index is 0.